The van der Waals surface area contributed by atoms with Crippen LogP contribution in [0.2, 0.25) is 0 Å². The summed E-state index contributed by atoms with van der Waals surface area (Å²) in [6.07, 6.45) is 0.971. The molecule has 2 fully saturated rings. The highest BCUT2D eigenvalue weighted by Gasteiger charge is 2.33. The topological polar surface area (TPSA) is 48.5 Å². The third kappa shape index (κ3) is 5.53. The molecule has 1 saturated heterocycles. The number of pyridine rings is 1. The second kappa shape index (κ2) is 9.67. The number of halogens is 4. The monoisotopic (exact) mass is 468 g/mol. The van der Waals surface area contributed by atoms with E-state index in [1.54, 1.807) is 0 Å². The van der Waals surface area contributed by atoms with Gasteiger partial charge in [-0.25, -0.2) is 0 Å². The summed E-state index contributed by atoms with van der Waals surface area (Å²) in [6, 6.07) is 8.82. The molecule has 1 aromatic carbocycles. The Bertz CT molecular complexity index is 932. The van der Waals surface area contributed by atoms with Gasteiger partial charge in [0.25, 0.3) is 0 Å². The van der Waals surface area contributed by atoms with Crippen LogP contribution in [0.1, 0.15) is 47.9 Å². The molecule has 0 bridgehead atoms. The van der Waals surface area contributed by atoms with Gasteiger partial charge in [0, 0.05) is 25.3 Å². The first-order valence-electron chi connectivity index (χ1n) is 10.6. The standard InChI is InChI=1S/C23H27F3N4O.ClH/c1-29(2)21(17-7-5-16(6-8-17)15-3-4-15)22(31)28-19-9-10-30(14-19)20-11-18(12-27-13-20)23(24,25)26;/h5-8,11-13,15,19,21H,3-4,9-10,14H2,1-2H3,(H,28,31);1H. The normalized spacial score (nSPS) is 19.6. The van der Waals surface area contributed by atoms with E-state index in [-0.39, 0.29) is 24.4 Å². The van der Waals surface area contributed by atoms with Crippen molar-refractivity contribution in [3.05, 3.63) is 59.4 Å². The van der Waals surface area contributed by atoms with Crippen LogP contribution < -0.4 is 10.2 Å². The van der Waals surface area contributed by atoms with Crippen molar-refractivity contribution < 1.29 is 18.0 Å². The number of nitrogens with zero attached hydrogens (tertiary/aromatic N) is 3. The van der Waals surface area contributed by atoms with Gasteiger partial charge in [-0.2, -0.15) is 13.2 Å². The molecular formula is C23H28ClF3N4O. The maximum Gasteiger partial charge on any atom is 0.417 e. The minimum absolute atomic E-state index is 0. The maximum absolute atomic E-state index is 13.1. The Labute approximate surface area is 192 Å². The van der Waals surface area contributed by atoms with Crippen molar-refractivity contribution in [2.24, 2.45) is 0 Å². The third-order valence-corrected chi connectivity index (χ3v) is 6.02. The van der Waals surface area contributed by atoms with Crippen LogP contribution in [0.25, 0.3) is 0 Å². The molecule has 2 aliphatic rings. The zero-order chi connectivity index (χ0) is 22.2. The van der Waals surface area contributed by atoms with Crippen molar-refractivity contribution in [2.45, 2.75) is 43.4 Å². The molecule has 4 rings (SSSR count). The van der Waals surface area contributed by atoms with Gasteiger partial charge in [0.1, 0.15) is 6.04 Å². The molecule has 1 aromatic heterocycles. The summed E-state index contributed by atoms with van der Waals surface area (Å²) in [5, 5.41) is 3.09. The van der Waals surface area contributed by atoms with Crippen LogP contribution in [0.15, 0.2) is 42.7 Å². The highest BCUT2D eigenvalue weighted by atomic mass is 35.5. The Morgan fingerprint density at radius 3 is 2.44 bits per heavy atom. The van der Waals surface area contributed by atoms with Crippen LogP contribution in [0.5, 0.6) is 0 Å². The molecule has 1 aliphatic heterocycles. The molecule has 1 aliphatic carbocycles. The van der Waals surface area contributed by atoms with Gasteiger partial charge in [0.2, 0.25) is 5.91 Å². The van der Waals surface area contributed by atoms with Crippen LogP contribution in [0.3, 0.4) is 0 Å². The van der Waals surface area contributed by atoms with E-state index in [1.165, 1.54) is 24.6 Å². The second-order valence-corrected chi connectivity index (χ2v) is 8.68. The average molecular weight is 469 g/mol. The quantitative estimate of drug-likeness (QED) is 0.682. The molecule has 2 heterocycles. The number of aromatic nitrogens is 1. The van der Waals surface area contributed by atoms with Gasteiger partial charge in [0.15, 0.2) is 0 Å². The van der Waals surface area contributed by atoms with Crippen molar-refractivity contribution in [1.82, 2.24) is 15.2 Å². The predicted octanol–water partition coefficient (Wildman–Crippen LogP) is 4.40. The van der Waals surface area contributed by atoms with Gasteiger partial charge >= 0.3 is 6.18 Å². The fourth-order valence-electron chi connectivity index (χ4n) is 4.20. The van der Waals surface area contributed by atoms with Crippen LogP contribution in [-0.2, 0) is 11.0 Å². The lowest BCUT2D eigenvalue weighted by Gasteiger charge is -2.26. The smallest absolute Gasteiger partial charge is 0.368 e. The Balaban J connectivity index is 0.00000289. The Morgan fingerprint density at radius 2 is 1.84 bits per heavy atom. The summed E-state index contributed by atoms with van der Waals surface area (Å²) in [7, 11) is 3.74. The number of carbonyl (C=O) groups excluding carboxylic acids is 1. The molecule has 9 heteroatoms. The number of anilines is 1. The minimum atomic E-state index is -4.43. The zero-order valence-electron chi connectivity index (χ0n) is 18.1. The average Bonchev–Trinajstić information content (AvgIpc) is 3.47. The lowest BCUT2D eigenvalue weighted by Crippen LogP contribution is -2.43. The predicted molar refractivity (Wildman–Crippen MR) is 120 cm³/mol. The van der Waals surface area contributed by atoms with Crippen LogP contribution in [0.4, 0.5) is 18.9 Å². The fourth-order valence-corrected chi connectivity index (χ4v) is 4.20. The van der Waals surface area contributed by atoms with Gasteiger partial charge in [-0.15, -0.1) is 12.4 Å². The first-order valence-corrected chi connectivity index (χ1v) is 10.6. The van der Waals surface area contributed by atoms with Gasteiger partial charge in [-0.1, -0.05) is 24.3 Å². The molecule has 1 amide bonds. The molecule has 0 radical (unpaired) electrons. The first kappa shape index (κ1) is 24.3. The number of carbonyl (C=O) groups is 1. The molecular weight excluding hydrogens is 441 g/mol. The van der Waals surface area contributed by atoms with E-state index in [1.807, 2.05) is 36.0 Å². The number of hydrogen-bond donors (Lipinski definition) is 1. The number of amides is 1. The molecule has 5 nitrogen and oxygen atoms in total. The third-order valence-electron chi connectivity index (χ3n) is 6.02. The minimum Gasteiger partial charge on any atom is -0.368 e. The number of nitrogens with one attached hydrogen (secondary N) is 1. The fraction of sp³-hybridized carbons (Fsp3) is 0.478. The lowest BCUT2D eigenvalue weighted by molar-refractivity contribution is -0.137. The number of hydrogen-bond acceptors (Lipinski definition) is 4. The Hall–Kier alpha value is -2.32. The van der Waals surface area contributed by atoms with Gasteiger partial charge in [0.05, 0.1) is 17.4 Å². The molecule has 2 aromatic rings. The number of benzene rings is 1. The first-order chi connectivity index (χ1) is 14.7. The van der Waals surface area contributed by atoms with E-state index < -0.39 is 17.8 Å². The molecule has 2 unspecified atom stereocenters. The van der Waals surface area contributed by atoms with Crippen molar-refractivity contribution in [1.29, 1.82) is 0 Å². The largest absolute Gasteiger partial charge is 0.417 e. The zero-order valence-corrected chi connectivity index (χ0v) is 18.9. The van der Waals surface area contributed by atoms with E-state index in [0.717, 1.165) is 17.8 Å². The summed E-state index contributed by atoms with van der Waals surface area (Å²) >= 11 is 0. The van der Waals surface area contributed by atoms with E-state index >= 15 is 0 Å². The van der Waals surface area contributed by atoms with Crippen molar-refractivity contribution >= 4 is 24.0 Å². The summed E-state index contributed by atoms with van der Waals surface area (Å²) in [4.78, 5) is 20.5. The molecule has 174 valence electrons. The summed E-state index contributed by atoms with van der Waals surface area (Å²) < 4.78 is 38.9. The van der Waals surface area contributed by atoms with Crippen LogP contribution in [-0.4, -0.2) is 49.0 Å². The maximum atomic E-state index is 13.1. The van der Waals surface area contributed by atoms with Crippen molar-refractivity contribution in [2.75, 3.05) is 32.1 Å². The molecule has 0 spiro atoms. The Kier molecular flexibility index (Phi) is 7.35. The lowest BCUT2D eigenvalue weighted by atomic mass is 10.0. The number of likely N-dealkylation sites (N-methyl/N-ethyl adjacent to an activating group) is 1. The number of alkyl halides is 3. The summed E-state index contributed by atoms with van der Waals surface area (Å²) in [5.74, 6) is 0.564. The van der Waals surface area contributed by atoms with E-state index in [2.05, 4.69) is 22.4 Å². The molecule has 1 saturated carbocycles. The van der Waals surface area contributed by atoms with Gasteiger partial charge in [-0.05, 0) is 56.5 Å². The van der Waals surface area contributed by atoms with Crippen LogP contribution in [0, 0.1) is 0 Å². The molecule has 2 atom stereocenters. The Morgan fingerprint density at radius 1 is 1.16 bits per heavy atom. The van der Waals surface area contributed by atoms with Crippen molar-refractivity contribution in [3.63, 3.8) is 0 Å². The highest BCUT2D eigenvalue weighted by molar-refractivity contribution is 5.85. The molecule has 1 N–H and O–H groups in total. The number of rotatable bonds is 6. The van der Waals surface area contributed by atoms with Crippen molar-refractivity contribution in [3.8, 4) is 0 Å². The van der Waals surface area contributed by atoms with E-state index in [4.69, 9.17) is 0 Å². The summed E-state index contributed by atoms with van der Waals surface area (Å²) in [6.45, 7) is 1.02. The molecule has 32 heavy (non-hydrogen) atoms. The highest BCUT2D eigenvalue weighted by Crippen LogP contribution is 2.40. The second-order valence-electron chi connectivity index (χ2n) is 8.68. The SMILES string of the molecule is CN(C)C(C(=O)NC1CCN(c2cncc(C(F)(F)F)c2)C1)c1ccc(C2CC2)cc1.Cl. The van der Waals surface area contributed by atoms with Gasteiger partial charge < -0.3 is 10.2 Å². The van der Waals surface area contributed by atoms with E-state index in [0.29, 0.717) is 31.1 Å². The summed E-state index contributed by atoms with van der Waals surface area (Å²) in [5.41, 5.74) is 1.91. The van der Waals surface area contributed by atoms with Crippen LogP contribution >= 0.6 is 12.4 Å². The van der Waals surface area contributed by atoms with Gasteiger partial charge in [-0.3, -0.25) is 14.7 Å². The van der Waals surface area contributed by atoms with E-state index in [9.17, 15) is 18.0 Å².